The minimum Gasteiger partial charge on any atom is -0.464 e. The molecule has 0 saturated carbocycles. The number of alkyl carbamates (subject to hydrolysis) is 1. The Morgan fingerprint density at radius 1 is 0.938 bits per heavy atom. The van der Waals surface area contributed by atoms with E-state index in [4.69, 9.17) is 9.47 Å². The van der Waals surface area contributed by atoms with E-state index in [-0.39, 0.29) is 18.9 Å². The van der Waals surface area contributed by atoms with E-state index in [0.29, 0.717) is 22.8 Å². The van der Waals surface area contributed by atoms with Crippen LogP contribution in [-0.4, -0.2) is 52.3 Å². The maximum absolute atomic E-state index is 12.6. The molecule has 0 bridgehead atoms. The van der Waals surface area contributed by atoms with Crippen LogP contribution in [0, 0.1) is 0 Å². The molecule has 32 heavy (non-hydrogen) atoms. The van der Waals surface area contributed by atoms with Gasteiger partial charge in [0.2, 0.25) is 5.91 Å². The molecule has 0 fully saturated rings. The number of nitrogens with one attached hydrogen (secondary N) is 3. The van der Waals surface area contributed by atoms with Gasteiger partial charge in [0.15, 0.2) is 0 Å². The van der Waals surface area contributed by atoms with Crippen molar-refractivity contribution in [1.82, 2.24) is 14.5 Å². The molecule has 3 N–H and O–H groups in total. The Balaban J connectivity index is 1.92. The van der Waals surface area contributed by atoms with Crippen molar-refractivity contribution in [3.63, 3.8) is 0 Å². The molecule has 0 aliphatic heterocycles. The SMILES string of the molecule is COC(=O)c1cc(NC(=O)c2cc(NC(=O)CCNC(=O)OC(C)(C)C)cn2C)cn1C. The number of aryl methyl sites for hydroxylation is 2. The van der Waals surface area contributed by atoms with E-state index >= 15 is 0 Å². The van der Waals surface area contributed by atoms with Crippen LogP contribution in [-0.2, 0) is 28.4 Å². The molecular formula is C21H29N5O6. The Labute approximate surface area is 186 Å². The summed E-state index contributed by atoms with van der Waals surface area (Å²) >= 11 is 0. The Bertz CT molecular complexity index is 1010. The molecule has 11 nitrogen and oxygen atoms in total. The predicted molar refractivity (Wildman–Crippen MR) is 118 cm³/mol. The van der Waals surface area contributed by atoms with Gasteiger partial charge >= 0.3 is 12.1 Å². The fraction of sp³-hybridized carbons (Fsp3) is 0.429. The monoisotopic (exact) mass is 447 g/mol. The number of methoxy groups -OCH3 is 1. The number of anilines is 2. The second kappa shape index (κ2) is 10.0. The van der Waals surface area contributed by atoms with Crippen LogP contribution < -0.4 is 16.0 Å². The van der Waals surface area contributed by atoms with Gasteiger partial charge in [-0.3, -0.25) is 9.59 Å². The molecule has 0 spiro atoms. The zero-order valence-corrected chi connectivity index (χ0v) is 19.1. The van der Waals surface area contributed by atoms with Gasteiger partial charge in [0.1, 0.15) is 17.0 Å². The largest absolute Gasteiger partial charge is 0.464 e. The maximum Gasteiger partial charge on any atom is 0.407 e. The Kier molecular flexibility index (Phi) is 7.68. The van der Waals surface area contributed by atoms with Crippen molar-refractivity contribution in [3.8, 4) is 0 Å². The Hall–Kier alpha value is -3.76. The predicted octanol–water partition coefficient (Wildman–Crippen LogP) is 2.26. The summed E-state index contributed by atoms with van der Waals surface area (Å²) in [5.41, 5.74) is 0.841. The van der Waals surface area contributed by atoms with Crippen molar-refractivity contribution >= 4 is 35.3 Å². The molecule has 0 atom stereocenters. The number of carbonyl (C=O) groups is 4. The molecular weight excluding hydrogens is 418 g/mol. The fourth-order valence-corrected chi connectivity index (χ4v) is 2.81. The fourth-order valence-electron chi connectivity index (χ4n) is 2.81. The maximum atomic E-state index is 12.6. The number of carbonyl (C=O) groups excluding carboxylic acids is 4. The number of hydrogen-bond acceptors (Lipinski definition) is 6. The molecule has 2 aromatic rings. The molecule has 2 aromatic heterocycles. The van der Waals surface area contributed by atoms with Crippen LogP contribution in [0.1, 0.15) is 48.2 Å². The summed E-state index contributed by atoms with van der Waals surface area (Å²) < 4.78 is 12.9. The van der Waals surface area contributed by atoms with Crippen LogP contribution in [0.2, 0.25) is 0 Å². The highest BCUT2D eigenvalue weighted by Crippen LogP contribution is 2.18. The van der Waals surface area contributed by atoms with Crippen molar-refractivity contribution in [2.75, 3.05) is 24.3 Å². The van der Waals surface area contributed by atoms with Crippen LogP contribution in [0.4, 0.5) is 16.2 Å². The summed E-state index contributed by atoms with van der Waals surface area (Å²) in [5.74, 6) is -1.26. The molecule has 3 amide bonds. The van der Waals surface area contributed by atoms with Gasteiger partial charge in [-0.25, -0.2) is 9.59 Å². The van der Waals surface area contributed by atoms with Gasteiger partial charge in [-0.05, 0) is 32.9 Å². The van der Waals surface area contributed by atoms with Crippen LogP contribution in [0.15, 0.2) is 24.5 Å². The van der Waals surface area contributed by atoms with E-state index in [0.717, 1.165) is 0 Å². The normalized spacial score (nSPS) is 10.9. The molecule has 2 heterocycles. The lowest BCUT2D eigenvalue weighted by Crippen LogP contribution is -2.34. The van der Waals surface area contributed by atoms with Gasteiger partial charge in [-0.15, -0.1) is 0 Å². The summed E-state index contributed by atoms with van der Waals surface area (Å²) in [5, 5.41) is 7.90. The lowest BCUT2D eigenvalue weighted by atomic mass is 10.2. The lowest BCUT2D eigenvalue weighted by Gasteiger charge is -2.19. The van der Waals surface area contributed by atoms with Crippen molar-refractivity contribution in [1.29, 1.82) is 0 Å². The van der Waals surface area contributed by atoms with Crippen molar-refractivity contribution in [2.45, 2.75) is 32.8 Å². The highest BCUT2D eigenvalue weighted by atomic mass is 16.6. The summed E-state index contributed by atoms with van der Waals surface area (Å²) in [6.07, 6.45) is 2.63. The first-order chi connectivity index (χ1) is 14.9. The number of nitrogens with zero attached hydrogens (tertiary/aromatic N) is 2. The molecule has 174 valence electrons. The molecule has 0 aliphatic carbocycles. The molecule has 0 saturated heterocycles. The molecule has 0 aliphatic rings. The zero-order chi connectivity index (χ0) is 24.1. The van der Waals surface area contributed by atoms with Crippen LogP contribution >= 0.6 is 0 Å². The molecule has 11 heteroatoms. The first-order valence-electron chi connectivity index (χ1n) is 9.88. The van der Waals surface area contributed by atoms with Crippen LogP contribution in [0.5, 0.6) is 0 Å². The summed E-state index contributed by atoms with van der Waals surface area (Å²) in [6, 6.07) is 3.03. The number of amides is 3. The number of ether oxygens (including phenoxy) is 2. The van der Waals surface area contributed by atoms with E-state index in [1.54, 1.807) is 56.4 Å². The lowest BCUT2D eigenvalue weighted by molar-refractivity contribution is -0.116. The first kappa shape index (κ1) is 24.5. The van der Waals surface area contributed by atoms with Gasteiger partial charge in [0.05, 0.1) is 18.5 Å². The first-order valence-corrected chi connectivity index (χ1v) is 9.88. The average molecular weight is 447 g/mol. The van der Waals surface area contributed by atoms with E-state index in [2.05, 4.69) is 16.0 Å². The standard InChI is InChI=1S/C21H29N5O6/c1-21(2,3)32-20(30)22-8-7-17(27)23-13-9-15(25(4)11-13)18(28)24-14-10-16(19(29)31-6)26(5)12-14/h9-12H,7-8H2,1-6H3,(H,22,30)(H,23,27)(H,24,28). The molecule has 0 radical (unpaired) electrons. The highest BCUT2D eigenvalue weighted by Gasteiger charge is 2.18. The van der Waals surface area contributed by atoms with Gasteiger partial charge in [0, 0.05) is 39.5 Å². The molecule has 0 aromatic carbocycles. The minimum absolute atomic E-state index is 0.0377. The van der Waals surface area contributed by atoms with E-state index in [1.807, 2.05) is 0 Å². The molecule has 0 unspecified atom stereocenters. The second-order valence-corrected chi connectivity index (χ2v) is 8.12. The number of aromatic nitrogens is 2. The number of hydrogen-bond donors (Lipinski definition) is 3. The van der Waals surface area contributed by atoms with E-state index in [9.17, 15) is 19.2 Å². The Morgan fingerprint density at radius 2 is 1.50 bits per heavy atom. The third-order valence-corrected chi connectivity index (χ3v) is 4.20. The quantitative estimate of drug-likeness (QED) is 0.558. The van der Waals surface area contributed by atoms with Crippen molar-refractivity contribution < 1.29 is 28.7 Å². The van der Waals surface area contributed by atoms with Crippen molar-refractivity contribution in [2.24, 2.45) is 14.1 Å². The molecule has 2 rings (SSSR count). The van der Waals surface area contributed by atoms with Crippen LogP contribution in [0.3, 0.4) is 0 Å². The van der Waals surface area contributed by atoms with E-state index < -0.39 is 23.6 Å². The average Bonchev–Trinajstić information content (AvgIpc) is 3.21. The highest BCUT2D eigenvalue weighted by molar-refractivity contribution is 6.05. The zero-order valence-electron chi connectivity index (χ0n) is 19.1. The van der Waals surface area contributed by atoms with Gasteiger partial charge < -0.3 is 34.6 Å². The van der Waals surface area contributed by atoms with Gasteiger partial charge in [-0.1, -0.05) is 0 Å². The summed E-state index contributed by atoms with van der Waals surface area (Å²) in [4.78, 5) is 48.1. The third kappa shape index (κ3) is 6.89. The third-order valence-electron chi connectivity index (χ3n) is 4.20. The topological polar surface area (TPSA) is 133 Å². The van der Waals surface area contributed by atoms with Crippen molar-refractivity contribution in [3.05, 3.63) is 35.9 Å². The summed E-state index contributed by atoms with van der Waals surface area (Å²) in [7, 11) is 4.61. The van der Waals surface area contributed by atoms with Gasteiger partial charge in [0.25, 0.3) is 5.91 Å². The number of esters is 1. The van der Waals surface area contributed by atoms with Gasteiger partial charge in [-0.2, -0.15) is 0 Å². The van der Waals surface area contributed by atoms with E-state index in [1.165, 1.54) is 19.2 Å². The second-order valence-electron chi connectivity index (χ2n) is 8.12. The van der Waals surface area contributed by atoms with Crippen LogP contribution in [0.25, 0.3) is 0 Å². The minimum atomic E-state index is -0.617. The smallest absolute Gasteiger partial charge is 0.407 e. The Morgan fingerprint density at radius 3 is 2.09 bits per heavy atom. The summed E-state index contributed by atoms with van der Waals surface area (Å²) in [6.45, 7) is 5.35. The number of rotatable bonds is 7.